The van der Waals surface area contributed by atoms with E-state index in [9.17, 15) is 19.2 Å². The fraction of sp³-hybridized carbons (Fsp3) is 0.630. The van der Waals surface area contributed by atoms with Crippen LogP contribution in [0.15, 0.2) is 36.5 Å². The van der Waals surface area contributed by atoms with Gasteiger partial charge in [0.05, 0.1) is 72.5 Å². The van der Waals surface area contributed by atoms with Gasteiger partial charge in [-0.1, -0.05) is 36.5 Å². The van der Waals surface area contributed by atoms with E-state index in [0.29, 0.717) is 0 Å². The number of hydrogen-bond acceptors (Lipinski definition) is 8. The van der Waals surface area contributed by atoms with Crippen molar-refractivity contribution < 1.29 is 38.1 Å². The molecule has 210 valence electrons. The monoisotopic (exact) mass is 542 g/mol. The molecule has 4 amide bonds. The normalized spacial score (nSPS) is 42.2. The topological polar surface area (TPSA) is 153 Å². The van der Waals surface area contributed by atoms with Crippen LogP contribution < -0.4 is 21.3 Å². The Kier molecular flexibility index (Phi) is 6.31. The Morgan fingerprint density at radius 1 is 0.590 bits per heavy atom. The van der Waals surface area contributed by atoms with Gasteiger partial charge in [-0.25, -0.2) is 4.79 Å². The molecule has 3 fully saturated rings. The van der Waals surface area contributed by atoms with Crippen molar-refractivity contribution >= 4 is 23.8 Å². The molecule has 6 rings (SSSR count). The summed E-state index contributed by atoms with van der Waals surface area (Å²) in [6.07, 6.45) is 7.60. The first-order valence-electron chi connectivity index (χ1n) is 13.4. The number of amides is 4. The van der Waals surface area contributed by atoms with Gasteiger partial charge in [-0.05, 0) is 20.8 Å². The second-order valence-corrected chi connectivity index (χ2v) is 11.8. The molecule has 12 atom stereocenters. The SMILES string of the molecule is CNC(=O)[C@H]1[C@H](NC(=O)[C@H]2[C@H](NC(=O)[C@H]3[C@H](NC(=O)OC(C)(C)C)[C@H]4C=C[C@@H]3O4)[C@H]3C=C[C@@H]2O3)[C@H]2C=C[C@@H]1O2. The molecule has 6 aliphatic rings. The number of fused-ring (bicyclic) bond motifs is 6. The van der Waals surface area contributed by atoms with Gasteiger partial charge >= 0.3 is 6.09 Å². The standard InChI is InChI=1S/C27H34N4O8/c1-27(2,3)39-26(35)31-22-16-10-7-13(38-16)19(22)25(34)30-21-15-9-6-12(37-15)18(21)24(33)29-20-14-8-5-11(36-14)17(20)23(32)28-4/h5-22H,1-4H3,(H,28,32)(H,29,33)(H,30,34)(H,31,35)/t11-,12-,13-,14+,15+,16+,17+,18+,19+,20+,21+,22+/m0/s1. The van der Waals surface area contributed by atoms with Gasteiger partial charge in [-0.3, -0.25) is 14.4 Å². The predicted molar refractivity (Wildman–Crippen MR) is 135 cm³/mol. The number of carbonyl (C=O) groups is 4. The third-order valence-corrected chi connectivity index (χ3v) is 8.15. The highest BCUT2D eigenvalue weighted by molar-refractivity contribution is 5.87. The Bertz CT molecular complexity index is 1160. The minimum Gasteiger partial charge on any atom is -0.444 e. The van der Waals surface area contributed by atoms with E-state index in [1.165, 1.54) is 0 Å². The molecule has 0 aliphatic carbocycles. The molecular formula is C27H34N4O8. The average molecular weight is 543 g/mol. The Morgan fingerprint density at radius 2 is 0.949 bits per heavy atom. The zero-order valence-corrected chi connectivity index (χ0v) is 22.2. The maximum absolute atomic E-state index is 13.6. The number of carbonyl (C=O) groups excluding carboxylic acids is 4. The lowest BCUT2D eigenvalue weighted by molar-refractivity contribution is -0.130. The van der Waals surface area contributed by atoms with Gasteiger partial charge in [-0.15, -0.1) is 0 Å². The fourth-order valence-corrected chi connectivity index (χ4v) is 6.51. The second kappa shape index (κ2) is 9.46. The van der Waals surface area contributed by atoms with Crippen molar-refractivity contribution in [1.29, 1.82) is 0 Å². The van der Waals surface area contributed by atoms with Crippen LogP contribution in [0, 0.1) is 17.8 Å². The van der Waals surface area contributed by atoms with Crippen molar-refractivity contribution in [2.45, 2.75) is 81.1 Å². The first kappa shape index (κ1) is 26.0. The van der Waals surface area contributed by atoms with Crippen molar-refractivity contribution in [1.82, 2.24) is 21.3 Å². The molecule has 6 aliphatic heterocycles. The van der Waals surface area contributed by atoms with E-state index in [0.717, 1.165) is 0 Å². The van der Waals surface area contributed by atoms with E-state index in [4.69, 9.17) is 18.9 Å². The van der Waals surface area contributed by atoms with Crippen molar-refractivity contribution in [3.63, 3.8) is 0 Å². The summed E-state index contributed by atoms with van der Waals surface area (Å²) in [7, 11) is 1.55. The molecule has 12 nitrogen and oxygen atoms in total. The van der Waals surface area contributed by atoms with Gasteiger partial charge in [-0.2, -0.15) is 0 Å². The molecule has 0 aromatic heterocycles. The average Bonchev–Trinajstić information content (AvgIpc) is 3.70. The number of rotatable bonds is 6. The van der Waals surface area contributed by atoms with Crippen molar-refractivity contribution in [2.75, 3.05) is 7.05 Å². The summed E-state index contributed by atoms with van der Waals surface area (Å²) in [6.45, 7) is 5.29. The minimum atomic E-state index is -0.707. The van der Waals surface area contributed by atoms with E-state index >= 15 is 0 Å². The second-order valence-electron chi connectivity index (χ2n) is 11.8. The van der Waals surface area contributed by atoms with Crippen LogP contribution in [0.25, 0.3) is 0 Å². The van der Waals surface area contributed by atoms with E-state index in [-0.39, 0.29) is 17.7 Å². The highest BCUT2D eigenvalue weighted by Gasteiger charge is 2.56. The maximum atomic E-state index is 13.6. The van der Waals surface area contributed by atoms with Crippen LogP contribution >= 0.6 is 0 Å². The Balaban J connectivity index is 1.16. The third-order valence-electron chi connectivity index (χ3n) is 8.15. The van der Waals surface area contributed by atoms with Gasteiger partial charge in [0.2, 0.25) is 17.7 Å². The van der Waals surface area contributed by atoms with Gasteiger partial charge in [0.1, 0.15) is 5.60 Å². The van der Waals surface area contributed by atoms with Crippen LogP contribution in [0.3, 0.4) is 0 Å². The molecule has 0 aromatic rings. The molecule has 0 radical (unpaired) electrons. The molecule has 0 aromatic carbocycles. The lowest BCUT2D eigenvalue weighted by atomic mass is 9.84. The summed E-state index contributed by atoms with van der Waals surface area (Å²) in [5.74, 6) is -2.85. The Labute approximate surface area is 225 Å². The summed E-state index contributed by atoms with van der Waals surface area (Å²) in [5.41, 5.74) is -0.694. The van der Waals surface area contributed by atoms with Crippen LogP contribution in [0.2, 0.25) is 0 Å². The molecule has 6 heterocycles. The zero-order chi connectivity index (χ0) is 27.6. The van der Waals surface area contributed by atoms with E-state index in [1.807, 2.05) is 36.5 Å². The minimum absolute atomic E-state index is 0.209. The predicted octanol–water partition coefficient (Wildman–Crippen LogP) is -0.544. The zero-order valence-electron chi connectivity index (χ0n) is 22.2. The quantitative estimate of drug-likeness (QED) is 0.327. The smallest absolute Gasteiger partial charge is 0.407 e. The van der Waals surface area contributed by atoms with E-state index < -0.39 is 84.2 Å². The molecule has 3 saturated heterocycles. The van der Waals surface area contributed by atoms with Gasteiger partial charge < -0.3 is 40.2 Å². The van der Waals surface area contributed by atoms with Crippen LogP contribution in [0.5, 0.6) is 0 Å². The molecule has 4 N–H and O–H groups in total. The lowest BCUT2D eigenvalue weighted by Gasteiger charge is -2.32. The largest absolute Gasteiger partial charge is 0.444 e. The highest BCUT2D eigenvalue weighted by Crippen LogP contribution is 2.39. The number of ether oxygens (including phenoxy) is 4. The molecule has 0 spiro atoms. The fourth-order valence-electron chi connectivity index (χ4n) is 6.51. The molecule has 0 unspecified atom stereocenters. The number of alkyl carbamates (subject to hydrolysis) is 1. The summed E-state index contributed by atoms with van der Waals surface area (Å²) >= 11 is 0. The van der Waals surface area contributed by atoms with Crippen LogP contribution in [0.4, 0.5) is 4.79 Å². The van der Waals surface area contributed by atoms with Gasteiger partial charge in [0.25, 0.3) is 0 Å². The van der Waals surface area contributed by atoms with E-state index in [1.54, 1.807) is 27.8 Å². The first-order valence-corrected chi connectivity index (χ1v) is 13.4. The maximum Gasteiger partial charge on any atom is 0.407 e. The summed E-state index contributed by atoms with van der Waals surface area (Å²) in [6, 6.07) is -1.78. The molecule has 39 heavy (non-hydrogen) atoms. The molecule has 12 heteroatoms. The van der Waals surface area contributed by atoms with Crippen molar-refractivity contribution in [2.24, 2.45) is 17.8 Å². The number of nitrogens with one attached hydrogen (secondary N) is 4. The highest BCUT2D eigenvalue weighted by atomic mass is 16.6. The van der Waals surface area contributed by atoms with Crippen LogP contribution in [-0.4, -0.2) is 91.2 Å². The Morgan fingerprint density at radius 3 is 1.33 bits per heavy atom. The van der Waals surface area contributed by atoms with Crippen molar-refractivity contribution in [3.05, 3.63) is 36.5 Å². The van der Waals surface area contributed by atoms with Gasteiger partial charge in [0, 0.05) is 7.05 Å². The Hall–Kier alpha value is -3.22. The number of hydrogen-bond donors (Lipinski definition) is 4. The molecule has 0 saturated carbocycles. The molecular weight excluding hydrogens is 508 g/mol. The molecule has 6 bridgehead atoms. The van der Waals surface area contributed by atoms with Crippen LogP contribution in [0.1, 0.15) is 20.8 Å². The van der Waals surface area contributed by atoms with Crippen molar-refractivity contribution in [3.8, 4) is 0 Å². The third kappa shape index (κ3) is 4.53. The van der Waals surface area contributed by atoms with E-state index in [2.05, 4.69) is 21.3 Å². The lowest BCUT2D eigenvalue weighted by Crippen LogP contribution is -2.59. The summed E-state index contributed by atoms with van der Waals surface area (Å²) in [4.78, 5) is 52.3. The van der Waals surface area contributed by atoms with Gasteiger partial charge in [0.15, 0.2) is 0 Å². The first-order chi connectivity index (χ1) is 18.5. The summed E-state index contributed by atoms with van der Waals surface area (Å²) < 4.78 is 23.1. The summed E-state index contributed by atoms with van der Waals surface area (Å²) in [5, 5.41) is 11.5. The van der Waals surface area contributed by atoms with Crippen LogP contribution in [-0.2, 0) is 33.3 Å².